The Morgan fingerprint density at radius 3 is 2.08 bits per heavy atom. The van der Waals surface area contributed by atoms with Crippen LogP contribution >= 0.6 is 0 Å². The van der Waals surface area contributed by atoms with Crippen molar-refractivity contribution in [1.82, 2.24) is 4.90 Å². The normalized spacial score (nSPS) is 19.8. The van der Waals surface area contributed by atoms with Gasteiger partial charge in [0.15, 0.2) is 5.78 Å². The van der Waals surface area contributed by atoms with Crippen molar-refractivity contribution >= 4 is 11.8 Å². The van der Waals surface area contributed by atoms with Gasteiger partial charge in [-0.1, -0.05) is 68.4 Å². The van der Waals surface area contributed by atoms with Crippen molar-refractivity contribution in [2.75, 3.05) is 13.6 Å². The Hall–Kier alpha value is -2.46. The second kappa shape index (κ2) is 8.58. The zero-order valence-electron chi connectivity index (χ0n) is 15.0. The number of benzene rings is 2. The molecule has 1 heterocycles. The molecule has 0 spiro atoms. The summed E-state index contributed by atoms with van der Waals surface area (Å²) in [6.07, 6.45) is 0.590. The third-order valence-corrected chi connectivity index (χ3v) is 4.52. The fourth-order valence-corrected chi connectivity index (χ4v) is 3.25. The molecule has 0 saturated carbocycles. The monoisotopic (exact) mass is 339 g/mol. The van der Waals surface area contributed by atoms with Gasteiger partial charge in [-0.3, -0.25) is 14.5 Å². The van der Waals surface area contributed by atoms with Gasteiger partial charge >= 0.3 is 5.97 Å². The number of hydrogen-bond acceptors (Lipinski definition) is 3. The van der Waals surface area contributed by atoms with Gasteiger partial charge in [0, 0.05) is 11.5 Å². The van der Waals surface area contributed by atoms with Gasteiger partial charge in [0.1, 0.15) is 6.04 Å². The van der Waals surface area contributed by atoms with Crippen LogP contribution in [0.4, 0.5) is 0 Å². The van der Waals surface area contributed by atoms with E-state index in [0.29, 0.717) is 18.5 Å². The molecule has 1 N–H and O–H groups in total. The van der Waals surface area contributed by atoms with Crippen molar-refractivity contribution in [3.05, 3.63) is 60.2 Å². The standard InChI is InChI=1S/C19H19NO3.C2H6/c1-20-12-11-16(17(20)19(22)23)18(21)15-9-7-14(8-10-15)13-5-3-2-4-6-13;1-2/h2-10,16-17H,11-12H2,1H3,(H,22,23);1-2H3/t16-,17?;/m0./s1. The summed E-state index contributed by atoms with van der Waals surface area (Å²) in [5.74, 6) is -1.48. The Kier molecular flexibility index (Phi) is 6.48. The molecular formula is C21H25NO3. The summed E-state index contributed by atoms with van der Waals surface area (Å²) in [7, 11) is 1.75. The lowest BCUT2D eigenvalue weighted by molar-refractivity contribution is -0.142. The van der Waals surface area contributed by atoms with Gasteiger partial charge in [0.25, 0.3) is 0 Å². The summed E-state index contributed by atoms with van der Waals surface area (Å²) in [6, 6.07) is 16.6. The number of carboxylic acids is 1. The van der Waals surface area contributed by atoms with Crippen LogP contribution in [0.5, 0.6) is 0 Å². The quantitative estimate of drug-likeness (QED) is 0.857. The highest BCUT2D eigenvalue weighted by Crippen LogP contribution is 2.28. The van der Waals surface area contributed by atoms with Crippen LogP contribution in [0.25, 0.3) is 11.1 Å². The first-order valence-electron chi connectivity index (χ1n) is 8.70. The first kappa shape index (κ1) is 18.9. The Bertz CT molecular complexity index is 710. The summed E-state index contributed by atoms with van der Waals surface area (Å²) < 4.78 is 0. The molecule has 2 aromatic carbocycles. The SMILES string of the molecule is CC.CN1CC[C@H](C(=O)c2ccc(-c3ccccc3)cc2)C1C(=O)O. The van der Waals surface area contributed by atoms with E-state index in [4.69, 9.17) is 0 Å². The van der Waals surface area contributed by atoms with E-state index in [0.717, 1.165) is 11.1 Å². The molecule has 0 radical (unpaired) electrons. The number of aliphatic carboxylic acids is 1. The molecule has 0 aromatic heterocycles. The molecule has 0 aliphatic carbocycles. The molecule has 132 valence electrons. The van der Waals surface area contributed by atoms with E-state index in [1.165, 1.54) is 0 Å². The molecule has 4 heteroatoms. The summed E-state index contributed by atoms with van der Waals surface area (Å²) in [5, 5.41) is 9.35. The summed E-state index contributed by atoms with van der Waals surface area (Å²) >= 11 is 0. The Morgan fingerprint density at radius 1 is 0.960 bits per heavy atom. The highest BCUT2D eigenvalue weighted by molar-refractivity contribution is 6.01. The first-order chi connectivity index (χ1) is 12.1. The number of Topliss-reactive ketones (excluding diaryl/α,β-unsaturated/α-hetero) is 1. The van der Waals surface area contributed by atoms with Crippen molar-refractivity contribution in [1.29, 1.82) is 0 Å². The van der Waals surface area contributed by atoms with Crippen LogP contribution in [0.3, 0.4) is 0 Å². The third-order valence-electron chi connectivity index (χ3n) is 4.52. The maximum atomic E-state index is 12.7. The highest BCUT2D eigenvalue weighted by atomic mass is 16.4. The van der Waals surface area contributed by atoms with Gasteiger partial charge in [0.2, 0.25) is 0 Å². The van der Waals surface area contributed by atoms with E-state index in [2.05, 4.69) is 0 Å². The predicted molar refractivity (Wildman–Crippen MR) is 99.7 cm³/mol. The number of likely N-dealkylation sites (tertiary alicyclic amines) is 1. The minimum absolute atomic E-state index is 0.0821. The zero-order valence-corrected chi connectivity index (χ0v) is 15.0. The molecule has 4 nitrogen and oxygen atoms in total. The van der Waals surface area contributed by atoms with Crippen molar-refractivity contribution < 1.29 is 14.7 Å². The van der Waals surface area contributed by atoms with Gasteiger partial charge in [-0.05, 0) is 31.1 Å². The van der Waals surface area contributed by atoms with E-state index in [-0.39, 0.29) is 5.78 Å². The average molecular weight is 339 g/mol. The Morgan fingerprint density at radius 2 is 1.52 bits per heavy atom. The molecule has 2 aromatic rings. The molecule has 3 rings (SSSR count). The lowest BCUT2D eigenvalue weighted by Crippen LogP contribution is -2.39. The molecule has 1 fully saturated rings. The van der Waals surface area contributed by atoms with Crippen molar-refractivity contribution in [3.63, 3.8) is 0 Å². The zero-order chi connectivity index (χ0) is 18.4. The van der Waals surface area contributed by atoms with Gasteiger partial charge in [0.05, 0.1) is 0 Å². The van der Waals surface area contributed by atoms with E-state index in [9.17, 15) is 14.7 Å². The van der Waals surface area contributed by atoms with Crippen molar-refractivity contribution in [2.45, 2.75) is 26.3 Å². The van der Waals surface area contributed by atoms with Crippen LogP contribution in [-0.2, 0) is 4.79 Å². The first-order valence-corrected chi connectivity index (χ1v) is 8.70. The number of nitrogens with zero attached hydrogens (tertiary/aromatic N) is 1. The Balaban J connectivity index is 0.00000109. The van der Waals surface area contributed by atoms with Gasteiger partial charge in [-0.2, -0.15) is 0 Å². The summed E-state index contributed by atoms with van der Waals surface area (Å²) in [4.78, 5) is 25.8. The molecule has 2 atom stereocenters. The molecule has 1 saturated heterocycles. The second-order valence-electron chi connectivity index (χ2n) is 5.97. The number of ketones is 1. The molecule has 1 aliphatic rings. The number of hydrogen-bond donors (Lipinski definition) is 1. The van der Waals surface area contributed by atoms with E-state index in [1.54, 1.807) is 24.1 Å². The van der Waals surface area contributed by atoms with Crippen LogP contribution in [0.2, 0.25) is 0 Å². The van der Waals surface area contributed by atoms with Gasteiger partial charge in [-0.25, -0.2) is 0 Å². The van der Waals surface area contributed by atoms with Crippen LogP contribution < -0.4 is 0 Å². The van der Waals surface area contributed by atoms with E-state index >= 15 is 0 Å². The molecular weight excluding hydrogens is 314 g/mol. The Labute approximate surface area is 149 Å². The minimum Gasteiger partial charge on any atom is -0.480 e. The van der Waals surface area contributed by atoms with Crippen molar-refractivity contribution in [3.8, 4) is 11.1 Å². The number of carbonyl (C=O) groups excluding carboxylic acids is 1. The lowest BCUT2D eigenvalue weighted by atomic mass is 9.90. The van der Waals surface area contributed by atoms with Crippen LogP contribution in [0.1, 0.15) is 30.6 Å². The highest BCUT2D eigenvalue weighted by Gasteiger charge is 2.41. The van der Waals surface area contributed by atoms with Gasteiger partial charge < -0.3 is 5.11 Å². The van der Waals surface area contributed by atoms with E-state index in [1.807, 2.05) is 56.3 Å². The fourth-order valence-electron chi connectivity index (χ4n) is 3.25. The number of likely N-dealkylation sites (N-methyl/N-ethyl adjacent to an activating group) is 1. The summed E-state index contributed by atoms with van der Waals surface area (Å²) in [5.41, 5.74) is 2.72. The maximum absolute atomic E-state index is 12.7. The van der Waals surface area contributed by atoms with Crippen molar-refractivity contribution in [2.24, 2.45) is 5.92 Å². The van der Waals surface area contributed by atoms with Crippen LogP contribution in [0, 0.1) is 5.92 Å². The average Bonchev–Trinajstić information content (AvgIpc) is 3.05. The fraction of sp³-hybridized carbons (Fsp3) is 0.333. The molecule has 25 heavy (non-hydrogen) atoms. The summed E-state index contributed by atoms with van der Waals surface area (Å²) in [6.45, 7) is 4.63. The molecule has 1 aliphatic heterocycles. The number of rotatable bonds is 4. The molecule has 0 bridgehead atoms. The minimum atomic E-state index is -0.927. The maximum Gasteiger partial charge on any atom is 0.321 e. The molecule has 1 unspecified atom stereocenters. The van der Waals surface area contributed by atoms with E-state index < -0.39 is 17.9 Å². The third kappa shape index (κ3) is 4.15. The second-order valence-corrected chi connectivity index (χ2v) is 5.97. The van der Waals surface area contributed by atoms with Crippen LogP contribution in [0.15, 0.2) is 54.6 Å². The van der Waals surface area contributed by atoms with Gasteiger partial charge in [-0.15, -0.1) is 0 Å². The largest absolute Gasteiger partial charge is 0.480 e. The lowest BCUT2D eigenvalue weighted by Gasteiger charge is -2.19. The predicted octanol–water partition coefficient (Wildman–Crippen LogP) is 3.97. The smallest absolute Gasteiger partial charge is 0.321 e. The molecule has 0 amide bonds. The topological polar surface area (TPSA) is 57.6 Å². The number of carboxylic acid groups (broad SMARTS) is 1. The number of carbonyl (C=O) groups is 2. The van der Waals surface area contributed by atoms with Crippen LogP contribution in [-0.4, -0.2) is 41.4 Å².